The first-order valence-corrected chi connectivity index (χ1v) is 5.98. The Morgan fingerprint density at radius 3 is 2.94 bits per heavy atom. The third-order valence-corrected chi connectivity index (χ3v) is 2.85. The van der Waals surface area contributed by atoms with Crippen molar-refractivity contribution in [3.63, 3.8) is 0 Å². The van der Waals surface area contributed by atoms with Crippen molar-refractivity contribution in [3.05, 3.63) is 29.0 Å². The molecule has 1 aromatic rings. The van der Waals surface area contributed by atoms with Crippen molar-refractivity contribution in [2.45, 2.75) is 12.8 Å². The first-order valence-electron chi connectivity index (χ1n) is 5.61. The molecule has 3 nitrogen and oxygen atoms in total. The minimum Gasteiger partial charge on any atom is -0.322 e. The van der Waals surface area contributed by atoms with Crippen LogP contribution in [-0.2, 0) is 4.79 Å². The van der Waals surface area contributed by atoms with Crippen LogP contribution in [0.3, 0.4) is 0 Å². The fourth-order valence-electron chi connectivity index (χ4n) is 1.50. The highest BCUT2D eigenvalue weighted by molar-refractivity contribution is 6.30. The Hall–Kier alpha value is -1.13. The van der Waals surface area contributed by atoms with Crippen LogP contribution in [-0.4, -0.2) is 19.0 Å². The number of carbonyl (C=O) groups is 1. The van der Waals surface area contributed by atoms with Gasteiger partial charge in [-0.1, -0.05) is 11.6 Å². The van der Waals surface area contributed by atoms with E-state index in [0.717, 1.165) is 6.54 Å². The lowest BCUT2D eigenvalue weighted by Gasteiger charge is -2.07. The molecule has 17 heavy (non-hydrogen) atoms. The first-order chi connectivity index (χ1) is 8.15. The number of benzene rings is 1. The van der Waals surface area contributed by atoms with E-state index in [-0.39, 0.29) is 18.1 Å². The predicted octanol–water partition coefficient (Wildman–Crippen LogP) is 2.42. The molecule has 0 aliphatic heterocycles. The van der Waals surface area contributed by atoms with Crippen molar-refractivity contribution in [2.75, 3.05) is 18.4 Å². The molecule has 0 heterocycles. The normalized spacial score (nSPS) is 14.7. The number of nitrogens with one attached hydrogen (secondary N) is 2. The molecule has 0 bridgehead atoms. The van der Waals surface area contributed by atoms with Crippen LogP contribution in [0.2, 0.25) is 5.02 Å². The zero-order chi connectivity index (χ0) is 12.3. The summed E-state index contributed by atoms with van der Waals surface area (Å²) >= 11 is 5.72. The Morgan fingerprint density at radius 1 is 1.47 bits per heavy atom. The van der Waals surface area contributed by atoms with Crippen molar-refractivity contribution in [3.8, 4) is 0 Å². The summed E-state index contributed by atoms with van der Waals surface area (Å²) in [5, 5.41) is 5.91. The van der Waals surface area contributed by atoms with Crippen LogP contribution in [0, 0.1) is 11.7 Å². The maximum atomic E-state index is 13.3. The van der Waals surface area contributed by atoms with Gasteiger partial charge in [-0.3, -0.25) is 4.79 Å². The maximum Gasteiger partial charge on any atom is 0.238 e. The van der Waals surface area contributed by atoms with Gasteiger partial charge >= 0.3 is 0 Å². The lowest BCUT2D eigenvalue weighted by molar-refractivity contribution is -0.115. The van der Waals surface area contributed by atoms with E-state index in [1.54, 1.807) is 0 Å². The molecule has 0 atom stereocenters. The van der Waals surface area contributed by atoms with Gasteiger partial charge in [0, 0.05) is 5.02 Å². The predicted molar refractivity (Wildman–Crippen MR) is 65.6 cm³/mol. The molecule has 1 aromatic carbocycles. The molecule has 1 amide bonds. The summed E-state index contributed by atoms with van der Waals surface area (Å²) in [7, 11) is 0. The third kappa shape index (κ3) is 3.98. The Bertz CT molecular complexity index is 421. The molecule has 1 saturated carbocycles. The fourth-order valence-corrected chi connectivity index (χ4v) is 1.67. The Labute approximate surface area is 104 Å². The summed E-state index contributed by atoms with van der Waals surface area (Å²) in [6.07, 6.45) is 2.47. The lowest BCUT2D eigenvalue weighted by atomic mass is 10.3. The van der Waals surface area contributed by atoms with Gasteiger partial charge < -0.3 is 10.6 Å². The molecule has 0 radical (unpaired) electrons. The number of hydrogen-bond acceptors (Lipinski definition) is 2. The highest BCUT2D eigenvalue weighted by Gasteiger charge is 2.20. The molecular formula is C12H14ClFN2O. The zero-order valence-electron chi connectivity index (χ0n) is 9.30. The highest BCUT2D eigenvalue weighted by Crippen LogP contribution is 2.27. The van der Waals surface area contributed by atoms with Crippen molar-refractivity contribution in [1.82, 2.24) is 5.32 Å². The number of carbonyl (C=O) groups excluding carboxylic acids is 1. The van der Waals surface area contributed by atoms with Gasteiger partial charge in [-0.15, -0.1) is 0 Å². The topological polar surface area (TPSA) is 41.1 Å². The number of rotatable bonds is 5. The van der Waals surface area contributed by atoms with Crippen LogP contribution in [0.15, 0.2) is 18.2 Å². The molecule has 0 spiro atoms. The second-order valence-corrected chi connectivity index (χ2v) is 4.68. The Kier molecular flexibility index (Phi) is 3.97. The van der Waals surface area contributed by atoms with E-state index in [2.05, 4.69) is 10.6 Å². The van der Waals surface area contributed by atoms with Crippen LogP contribution >= 0.6 is 11.6 Å². The number of anilines is 1. The van der Waals surface area contributed by atoms with Crippen LogP contribution in [0.1, 0.15) is 12.8 Å². The summed E-state index contributed by atoms with van der Waals surface area (Å²) in [6, 6.07) is 4.07. The molecule has 2 rings (SSSR count). The minimum atomic E-state index is -0.482. The monoisotopic (exact) mass is 256 g/mol. The first kappa shape index (κ1) is 12.3. The van der Waals surface area contributed by atoms with Crippen LogP contribution in [0.25, 0.3) is 0 Å². The van der Waals surface area contributed by atoms with Gasteiger partial charge in [-0.2, -0.15) is 0 Å². The minimum absolute atomic E-state index is 0.121. The maximum absolute atomic E-state index is 13.3. The van der Waals surface area contributed by atoms with Crippen molar-refractivity contribution < 1.29 is 9.18 Å². The summed E-state index contributed by atoms with van der Waals surface area (Å²) in [5.74, 6) is -0.0255. The van der Waals surface area contributed by atoms with Gasteiger partial charge in [0.1, 0.15) is 5.82 Å². The number of hydrogen-bond donors (Lipinski definition) is 2. The van der Waals surface area contributed by atoms with Gasteiger partial charge in [0.25, 0.3) is 0 Å². The van der Waals surface area contributed by atoms with E-state index < -0.39 is 5.82 Å². The standard InChI is InChI=1S/C12H14ClFN2O/c13-9-3-4-10(14)11(5-9)16-12(17)7-15-6-8-1-2-8/h3-5,8,15H,1-2,6-7H2,(H,16,17). The van der Waals surface area contributed by atoms with Gasteiger partial charge in [0.2, 0.25) is 5.91 Å². The molecule has 2 N–H and O–H groups in total. The van der Waals surface area contributed by atoms with E-state index in [4.69, 9.17) is 11.6 Å². The largest absolute Gasteiger partial charge is 0.322 e. The SMILES string of the molecule is O=C(CNCC1CC1)Nc1cc(Cl)ccc1F. The average molecular weight is 257 g/mol. The second kappa shape index (κ2) is 5.47. The van der Waals surface area contributed by atoms with Gasteiger partial charge in [0.05, 0.1) is 12.2 Å². The molecule has 5 heteroatoms. The number of amides is 1. The summed E-state index contributed by atoms with van der Waals surface area (Å²) in [6.45, 7) is 1.05. The van der Waals surface area contributed by atoms with Crippen molar-refractivity contribution in [1.29, 1.82) is 0 Å². The van der Waals surface area contributed by atoms with E-state index in [1.165, 1.54) is 31.0 Å². The molecule has 0 saturated heterocycles. The quantitative estimate of drug-likeness (QED) is 0.850. The molecule has 0 unspecified atom stereocenters. The van der Waals surface area contributed by atoms with Crippen molar-refractivity contribution in [2.24, 2.45) is 5.92 Å². The van der Waals surface area contributed by atoms with Gasteiger partial charge in [-0.25, -0.2) is 4.39 Å². The lowest BCUT2D eigenvalue weighted by Crippen LogP contribution is -2.29. The Balaban J connectivity index is 1.81. The van der Waals surface area contributed by atoms with Crippen LogP contribution in [0.4, 0.5) is 10.1 Å². The smallest absolute Gasteiger partial charge is 0.238 e. The fraction of sp³-hybridized carbons (Fsp3) is 0.417. The van der Waals surface area contributed by atoms with Gasteiger partial charge in [-0.05, 0) is 43.5 Å². The summed E-state index contributed by atoms with van der Waals surface area (Å²) < 4.78 is 13.3. The molecule has 1 fully saturated rings. The molecule has 92 valence electrons. The van der Waals surface area contributed by atoms with E-state index in [0.29, 0.717) is 10.9 Å². The van der Waals surface area contributed by atoms with E-state index in [1.807, 2.05) is 0 Å². The molecule has 1 aliphatic carbocycles. The third-order valence-electron chi connectivity index (χ3n) is 2.62. The molecule has 0 aromatic heterocycles. The second-order valence-electron chi connectivity index (χ2n) is 4.25. The highest BCUT2D eigenvalue weighted by atomic mass is 35.5. The van der Waals surface area contributed by atoms with Crippen LogP contribution in [0.5, 0.6) is 0 Å². The van der Waals surface area contributed by atoms with Crippen LogP contribution < -0.4 is 10.6 Å². The number of halogens is 2. The zero-order valence-corrected chi connectivity index (χ0v) is 10.1. The average Bonchev–Trinajstić information content (AvgIpc) is 3.07. The molecule has 1 aliphatic rings. The van der Waals surface area contributed by atoms with E-state index >= 15 is 0 Å². The van der Waals surface area contributed by atoms with E-state index in [9.17, 15) is 9.18 Å². The van der Waals surface area contributed by atoms with Crippen molar-refractivity contribution >= 4 is 23.2 Å². The Morgan fingerprint density at radius 2 is 2.24 bits per heavy atom. The summed E-state index contributed by atoms with van der Waals surface area (Å²) in [5.41, 5.74) is 0.121. The molecular weight excluding hydrogens is 243 g/mol. The van der Waals surface area contributed by atoms with Gasteiger partial charge in [0.15, 0.2) is 0 Å². The summed E-state index contributed by atoms with van der Waals surface area (Å²) in [4.78, 5) is 11.5.